The molecule has 2 aromatic carbocycles. The molecule has 4 rings (SSSR count). The van der Waals surface area contributed by atoms with Crippen molar-refractivity contribution in [3.8, 4) is 5.69 Å². The number of nitrogens with zero attached hydrogens (tertiary/aromatic N) is 2. The lowest BCUT2D eigenvalue weighted by Gasteiger charge is -2.40. The Morgan fingerprint density at radius 3 is 2.80 bits per heavy atom. The molecule has 30 heavy (non-hydrogen) atoms. The molecule has 0 bridgehead atoms. The van der Waals surface area contributed by atoms with E-state index in [4.69, 9.17) is 14.2 Å². The summed E-state index contributed by atoms with van der Waals surface area (Å²) in [5.41, 5.74) is 2.74. The van der Waals surface area contributed by atoms with Crippen LogP contribution in [0.5, 0.6) is 0 Å². The van der Waals surface area contributed by atoms with Gasteiger partial charge in [-0.3, -0.25) is 0 Å². The van der Waals surface area contributed by atoms with Gasteiger partial charge in [0.1, 0.15) is 11.6 Å². The maximum absolute atomic E-state index is 13.9. The third-order valence-electron chi connectivity index (χ3n) is 5.59. The van der Waals surface area contributed by atoms with Gasteiger partial charge in [0, 0.05) is 43.6 Å². The van der Waals surface area contributed by atoms with Crippen LogP contribution in [0.15, 0.2) is 60.9 Å². The topological polar surface area (TPSA) is 45.5 Å². The quantitative estimate of drug-likeness (QED) is 0.563. The van der Waals surface area contributed by atoms with Crippen molar-refractivity contribution in [2.24, 2.45) is 0 Å². The molecule has 2 unspecified atom stereocenters. The molecule has 2 atom stereocenters. The molecule has 3 aromatic rings. The minimum atomic E-state index is -1.03. The van der Waals surface area contributed by atoms with Gasteiger partial charge in [-0.1, -0.05) is 31.2 Å². The van der Waals surface area contributed by atoms with Crippen molar-refractivity contribution in [3.63, 3.8) is 0 Å². The summed E-state index contributed by atoms with van der Waals surface area (Å²) in [6.07, 6.45) is 5.94. The number of benzene rings is 2. The molecular weight excluding hydrogens is 383 g/mol. The molecule has 6 heteroatoms. The number of imidazole rings is 1. The minimum Gasteiger partial charge on any atom is -0.381 e. The molecule has 158 valence electrons. The lowest BCUT2D eigenvalue weighted by Crippen LogP contribution is -2.42. The summed E-state index contributed by atoms with van der Waals surface area (Å²) in [4.78, 5) is 4.38. The summed E-state index contributed by atoms with van der Waals surface area (Å²) < 4.78 is 34.0. The van der Waals surface area contributed by atoms with Gasteiger partial charge in [-0.05, 0) is 36.2 Å². The lowest BCUT2D eigenvalue weighted by atomic mass is 9.95. The van der Waals surface area contributed by atoms with Gasteiger partial charge in [0.15, 0.2) is 5.79 Å². The Morgan fingerprint density at radius 1 is 1.23 bits per heavy atom. The van der Waals surface area contributed by atoms with Crippen LogP contribution < -0.4 is 0 Å². The first-order valence-corrected chi connectivity index (χ1v) is 10.3. The molecule has 0 spiro atoms. The van der Waals surface area contributed by atoms with Gasteiger partial charge in [-0.15, -0.1) is 0 Å². The van der Waals surface area contributed by atoms with E-state index in [1.54, 1.807) is 13.2 Å². The van der Waals surface area contributed by atoms with Gasteiger partial charge in [-0.2, -0.15) is 0 Å². The molecule has 0 aliphatic carbocycles. The smallest absolute Gasteiger partial charge is 0.197 e. The highest BCUT2D eigenvalue weighted by molar-refractivity contribution is 5.36. The van der Waals surface area contributed by atoms with E-state index in [2.05, 4.69) is 16.5 Å². The van der Waals surface area contributed by atoms with Crippen molar-refractivity contribution in [1.82, 2.24) is 9.55 Å². The third-order valence-corrected chi connectivity index (χ3v) is 5.59. The summed E-state index contributed by atoms with van der Waals surface area (Å²) in [5.74, 6) is -0.320. The van der Waals surface area contributed by atoms with E-state index in [1.165, 1.54) is 12.1 Å². The molecule has 1 aliphatic rings. The average Bonchev–Trinajstić information content (AvgIpc) is 3.27. The maximum atomic E-state index is 13.9. The number of halogens is 1. The fourth-order valence-electron chi connectivity index (χ4n) is 3.91. The zero-order valence-electron chi connectivity index (χ0n) is 17.4. The van der Waals surface area contributed by atoms with Crippen molar-refractivity contribution in [1.29, 1.82) is 0 Å². The van der Waals surface area contributed by atoms with Crippen LogP contribution in [-0.4, -0.2) is 29.4 Å². The maximum Gasteiger partial charge on any atom is 0.197 e. The summed E-state index contributed by atoms with van der Waals surface area (Å²) in [6.45, 7) is 2.93. The van der Waals surface area contributed by atoms with Gasteiger partial charge in [0.05, 0.1) is 19.3 Å². The lowest BCUT2D eigenvalue weighted by molar-refractivity contribution is -0.288. The average molecular weight is 410 g/mol. The Bertz CT molecular complexity index is 973. The minimum absolute atomic E-state index is 0.00176. The number of rotatable bonds is 7. The molecule has 1 aliphatic heterocycles. The van der Waals surface area contributed by atoms with Crippen LogP contribution >= 0.6 is 0 Å². The number of aromatic nitrogens is 2. The number of methoxy groups -OCH3 is 1. The van der Waals surface area contributed by atoms with Gasteiger partial charge >= 0.3 is 0 Å². The van der Waals surface area contributed by atoms with E-state index < -0.39 is 5.79 Å². The Morgan fingerprint density at radius 2 is 2.07 bits per heavy atom. The summed E-state index contributed by atoms with van der Waals surface area (Å²) in [7, 11) is 1.69. The van der Waals surface area contributed by atoms with E-state index in [0.717, 1.165) is 29.9 Å². The first kappa shape index (κ1) is 20.7. The molecule has 1 saturated heterocycles. The monoisotopic (exact) mass is 410 g/mol. The number of hydrogen-bond acceptors (Lipinski definition) is 4. The van der Waals surface area contributed by atoms with Crippen LogP contribution in [0.3, 0.4) is 0 Å². The summed E-state index contributed by atoms with van der Waals surface area (Å²) in [5, 5.41) is 0. The summed E-state index contributed by atoms with van der Waals surface area (Å²) in [6, 6.07) is 14.6. The number of hydrogen-bond donors (Lipinski definition) is 0. The second-order valence-corrected chi connectivity index (χ2v) is 7.48. The zero-order valence-corrected chi connectivity index (χ0v) is 17.4. The predicted molar refractivity (Wildman–Crippen MR) is 112 cm³/mol. The second kappa shape index (κ2) is 9.08. The van der Waals surface area contributed by atoms with Crippen LogP contribution in [-0.2, 0) is 33.0 Å². The van der Waals surface area contributed by atoms with Gasteiger partial charge in [0.25, 0.3) is 0 Å². The van der Waals surface area contributed by atoms with Crippen LogP contribution in [0, 0.1) is 5.82 Å². The SMILES string of the molecule is CCc1nccn1-c1ccc(COC2(c3cccc(F)c3)CC(OC)CCO2)cc1. The predicted octanol–water partition coefficient (Wildman–Crippen LogP) is 4.77. The largest absolute Gasteiger partial charge is 0.381 e. The molecule has 0 radical (unpaired) electrons. The van der Waals surface area contributed by atoms with E-state index in [-0.39, 0.29) is 11.9 Å². The molecule has 5 nitrogen and oxygen atoms in total. The highest BCUT2D eigenvalue weighted by atomic mass is 19.1. The first-order valence-electron chi connectivity index (χ1n) is 10.3. The molecule has 0 amide bonds. The van der Waals surface area contributed by atoms with Crippen molar-refractivity contribution >= 4 is 0 Å². The van der Waals surface area contributed by atoms with Crippen molar-refractivity contribution in [3.05, 3.63) is 83.7 Å². The van der Waals surface area contributed by atoms with Crippen LogP contribution in [0.2, 0.25) is 0 Å². The van der Waals surface area contributed by atoms with Crippen LogP contribution in [0.4, 0.5) is 4.39 Å². The van der Waals surface area contributed by atoms with Gasteiger partial charge < -0.3 is 18.8 Å². The highest BCUT2D eigenvalue weighted by Gasteiger charge is 2.41. The fraction of sp³-hybridized carbons (Fsp3) is 0.375. The van der Waals surface area contributed by atoms with E-state index in [0.29, 0.717) is 25.2 Å². The molecule has 1 fully saturated rings. The van der Waals surface area contributed by atoms with E-state index >= 15 is 0 Å². The van der Waals surface area contributed by atoms with E-state index in [1.807, 2.05) is 42.7 Å². The molecular formula is C24H27FN2O3. The normalized spacial score (nSPS) is 21.6. The molecule has 0 saturated carbocycles. The Labute approximate surface area is 176 Å². The fourth-order valence-corrected chi connectivity index (χ4v) is 3.91. The van der Waals surface area contributed by atoms with Crippen molar-refractivity contribution < 1.29 is 18.6 Å². The van der Waals surface area contributed by atoms with Crippen LogP contribution in [0.25, 0.3) is 5.69 Å². The van der Waals surface area contributed by atoms with E-state index in [9.17, 15) is 4.39 Å². The zero-order chi connectivity index (χ0) is 21.0. The number of ether oxygens (including phenoxy) is 3. The Kier molecular flexibility index (Phi) is 6.27. The number of aryl methyl sites for hydroxylation is 1. The molecule has 2 heterocycles. The van der Waals surface area contributed by atoms with Gasteiger partial charge in [-0.25, -0.2) is 9.37 Å². The Balaban J connectivity index is 1.54. The second-order valence-electron chi connectivity index (χ2n) is 7.48. The Hall–Kier alpha value is -2.54. The van der Waals surface area contributed by atoms with Crippen LogP contribution in [0.1, 0.15) is 36.7 Å². The van der Waals surface area contributed by atoms with Gasteiger partial charge in [0.2, 0.25) is 0 Å². The standard InChI is InChI=1S/C24H27FN2O3/c1-3-23-26-12-13-27(23)21-9-7-18(8-10-21)17-30-24(16-22(28-2)11-14-29-24)19-5-4-6-20(25)15-19/h4-10,12-13,15,22H,3,11,14,16-17H2,1-2H3. The summed E-state index contributed by atoms with van der Waals surface area (Å²) >= 11 is 0. The third kappa shape index (κ3) is 4.31. The highest BCUT2D eigenvalue weighted by Crippen LogP contribution is 2.38. The van der Waals surface area contributed by atoms with Crippen molar-refractivity contribution in [2.45, 2.75) is 44.7 Å². The molecule has 1 aromatic heterocycles. The molecule has 0 N–H and O–H groups in total. The first-order chi connectivity index (χ1) is 14.6. The van der Waals surface area contributed by atoms with Crippen molar-refractivity contribution in [2.75, 3.05) is 13.7 Å².